The maximum Gasteiger partial charge on any atom is 0.227 e. The van der Waals surface area contributed by atoms with E-state index in [1.165, 1.54) is 11.3 Å². The Morgan fingerprint density at radius 1 is 1.42 bits per heavy atom. The highest BCUT2D eigenvalue weighted by molar-refractivity contribution is 7.15. The van der Waals surface area contributed by atoms with Gasteiger partial charge in [0, 0.05) is 36.0 Å². The molecule has 1 N–H and O–H groups in total. The first-order chi connectivity index (χ1) is 12.5. The number of benzene rings is 1. The average Bonchev–Trinajstić information content (AvgIpc) is 3.22. The highest BCUT2D eigenvalue weighted by Gasteiger charge is 2.34. The number of aromatic nitrogens is 2. The summed E-state index contributed by atoms with van der Waals surface area (Å²) in [6.45, 7) is 4.51. The number of unbranched alkanes of at least 4 members (excludes halogenated alkanes) is 1. The maximum absolute atomic E-state index is 12.4. The van der Waals surface area contributed by atoms with Gasteiger partial charge in [-0.25, -0.2) is 0 Å². The summed E-state index contributed by atoms with van der Waals surface area (Å²) >= 11 is 7.52. The molecule has 2 amide bonds. The monoisotopic (exact) mass is 392 g/mol. The fraction of sp³-hybridized carbons (Fsp3) is 0.444. The fourth-order valence-corrected chi connectivity index (χ4v) is 3.87. The summed E-state index contributed by atoms with van der Waals surface area (Å²) in [5.41, 5.74) is 1.77. The number of rotatable bonds is 6. The van der Waals surface area contributed by atoms with Gasteiger partial charge in [-0.05, 0) is 31.0 Å². The van der Waals surface area contributed by atoms with Crippen molar-refractivity contribution in [2.24, 2.45) is 0 Å². The van der Waals surface area contributed by atoms with Crippen LogP contribution in [-0.4, -0.2) is 28.6 Å². The van der Waals surface area contributed by atoms with Crippen molar-refractivity contribution in [2.75, 3.05) is 16.8 Å². The third-order valence-corrected chi connectivity index (χ3v) is 5.79. The van der Waals surface area contributed by atoms with Gasteiger partial charge in [0.1, 0.15) is 5.01 Å². The van der Waals surface area contributed by atoms with E-state index >= 15 is 0 Å². The van der Waals surface area contributed by atoms with Crippen LogP contribution in [0.25, 0.3) is 0 Å². The third kappa shape index (κ3) is 4.22. The Bertz CT molecular complexity index is 823. The van der Waals surface area contributed by atoms with Gasteiger partial charge in [0.25, 0.3) is 0 Å². The molecule has 0 bridgehead atoms. The Kier molecular flexibility index (Phi) is 5.88. The van der Waals surface area contributed by atoms with Gasteiger partial charge < -0.3 is 10.2 Å². The zero-order chi connectivity index (χ0) is 18.7. The molecule has 1 aliphatic heterocycles. The van der Waals surface area contributed by atoms with Crippen molar-refractivity contribution in [3.63, 3.8) is 0 Å². The maximum atomic E-state index is 12.4. The molecule has 2 aromatic rings. The molecule has 2 heterocycles. The van der Waals surface area contributed by atoms with E-state index in [9.17, 15) is 9.59 Å². The number of nitrogens with zero attached hydrogens (tertiary/aromatic N) is 3. The Morgan fingerprint density at radius 3 is 2.96 bits per heavy atom. The van der Waals surface area contributed by atoms with Crippen molar-refractivity contribution < 1.29 is 9.59 Å². The summed E-state index contributed by atoms with van der Waals surface area (Å²) < 4.78 is 0. The topological polar surface area (TPSA) is 75.2 Å². The molecule has 1 atom stereocenters. The van der Waals surface area contributed by atoms with Crippen LogP contribution in [0.2, 0.25) is 5.02 Å². The zero-order valence-corrected chi connectivity index (χ0v) is 16.4. The lowest BCUT2D eigenvalue weighted by Gasteiger charge is -2.17. The van der Waals surface area contributed by atoms with Gasteiger partial charge in [0.15, 0.2) is 0 Å². The van der Waals surface area contributed by atoms with E-state index in [1.54, 1.807) is 4.90 Å². The van der Waals surface area contributed by atoms with E-state index in [1.807, 2.05) is 32.0 Å². The standard InChI is InChI=1S/C18H21ClN4O2S/c1-3-4-5-15(24)20-18-22-21-17(26-18)12-8-16(25)23(10-12)13-7-6-11(2)14(19)9-13/h6-7,9,12H,3-5,8,10H2,1-2H3,(H,20,22,24)/t12-/m1/s1. The Morgan fingerprint density at radius 2 is 2.23 bits per heavy atom. The number of aryl methyl sites for hydroxylation is 1. The summed E-state index contributed by atoms with van der Waals surface area (Å²) in [4.78, 5) is 26.0. The number of carbonyl (C=O) groups excluding carboxylic acids is 2. The Labute approximate surface area is 161 Å². The molecule has 1 fully saturated rings. The lowest BCUT2D eigenvalue weighted by molar-refractivity contribution is -0.117. The molecule has 3 rings (SSSR count). The molecule has 0 saturated carbocycles. The van der Waals surface area contributed by atoms with Crippen LogP contribution >= 0.6 is 22.9 Å². The molecule has 138 valence electrons. The smallest absolute Gasteiger partial charge is 0.227 e. The predicted octanol–water partition coefficient (Wildman–Crippen LogP) is 4.15. The molecule has 26 heavy (non-hydrogen) atoms. The second-order valence-electron chi connectivity index (χ2n) is 6.44. The molecule has 1 aromatic carbocycles. The Balaban J connectivity index is 1.67. The quantitative estimate of drug-likeness (QED) is 0.801. The molecule has 0 spiro atoms. The first-order valence-electron chi connectivity index (χ1n) is 8.67. The molecule has 8 heteroatoms. The largest absolute Gasteiger partial charge is 0.312 e. The summed E-state index contributed by atoms with van der Waals surface area (Å²) in [7, 11) is 0. The summed E-state index contributed by atoms with van der Waals surface area (Å²) in [6, 6.07) is 5.63. The summed E-state index contributed by atoms with van der Waals surface area (Å²) in [5.74, 6) is -0.0343. The van der Waals surface area contributed by atoms with E-state index in [0.29, 0.717) is 29.5 Å². The normalized spacial score (nSPS) is 17.0. The fourth-order valence-electron chi connectivity index (χ4n) is 2.84. The van der Waals surface area contributed by atoms with E-state index in [-0.39, 0.29) is 17.7 Å². The average molecular weight is 393 g/mol. The van der Waals surface area contributed by atoms with Crippen molar-refractivity contribution in [1.82, 2.24) is 10.2 Å². The molecule has 0 unspecified atom stereocenters. The highest BCUT2D eigenvalue weighted by Crippen LogP contribution is 2.35. The summed E-state index contributed by atoms with van der Waals surface area (Å²) in [5, 5.41) is 12.9. The number of carbonyl (C=O) groups is 2. The molecule has 0 radical (unpaired) electrons. The van der Waals surface area contributed by atoms with Gasteiger partial charge in [-0.3, -0.25) is 9.59 Å². The van der Waals surface area contributed by atoms with Gasteiger partial charge in [0.2, 0.25) is 16.9 Å². The minimum Gasteiger partial charge on any atom is -0.312 e. The van der Waals surface area contributed by atoms with Crippen molar-refractivity contribution >= 4 is 45.6 Å². The molecular weight excluding hydrogens is 372 g/mol. The van der Waals surface area contributed by atoms with Gasteiger partial charge >= 0.3 is 0 Å². The molecular formula is C18H21ClN4O2S. The van der Waals surface area contributed by atoms with Crippen LogP contribution in [0.1, 0.15) is 49.1 Å². The van der Waals surface area contributed by atoms with Crippen LogP contribution in [0, 0.1) is 6.92 Å². The van der Waals surface area contributed by atoms with Crippen molar-refractivity contribution in [3.8, 4) is 0 Å². The number of hydrogen-bond donors (Lipinski definition) is 1. The van der Waals surface area contributed by atoms with E-state index in [0.717, 1.165) is 29.1 Å². The second kappa shape index (κ2) is 8.14. The van der Waals surface area contributed by atoms with Crippen LogP contribution in [0.3, 0.4) is 0 Å². The van der Waals surface area contributed by atoms with Crippen LogP contribution in [-0.2, 0) is 9.59 Å². The lowest BCUT2D eigenvalue weighted by Crippen LogP contribution is -2.24. The van der Waals surface area contributed by atoms with Gasteiger partial charge in [-0.1, -0.05) is 42.3 Å². The minimum absolute atomic E-state index is 0.0265. The van der Waals surface area contributed by atoms with Crippen LogP contribution in [0.4, 0.5) is 10.8 Å². The highest BCUT2D eigenvalue weighted by atomic mass is 35.5. The van der Waals surface area contributed by atoms with Crippen LogP contribution in [0.5, 0.6) is 0 Å². The van der Waals surface area contributed by atoms with Gasteiger partial charge in [0.05, 0.1) is 0 Å². The number of nitrogens with one attached hydrogen (secondary N) is 1. The first kappa shape index (κ1) is 18.8. The third-order valence-electron chi connectivity index (χ3n) is 4.39. The van der Waals surface area contributed by atoms with Gasteiger partial charge in [-0.15, -0.1) is 10.2 Å². The number of anilines is 2. The minimum atomic E-state index is -0.0482. The lowest BCUT2D eigenvalue weighted by atomic mass is 10.1. The number of amides is 2. The number of halogens is 1. The van der Waals surface area contributed by atoms with E-state index < -0.39 is 0 Å². The molecule has 0 aliphatic carbocycles. The molecule has 6 nitrogen and oxygen atoms in total. The van der Waals surface area contributed by atoms with Crippen molar-refractivity contribution in [2.45, 2.75) is 45.4 Å². The van der Waals surface area contributed by atoms with Crippen LogP contribution < -0.4 is 10.2 Å². The van der Waals surface area contributed by atoms with Crippen molar-refractivity contribution in [3.05, 3.63) is 33.8 Å². The SMILES string of the molecule is CCCCC(=O)Nc1nnc([C@@H]2CC(=O)N(c3ccc(C)c(Cl)c3)C2)s1. The molecule has 1 aromatic heterocycles. The molecule has 1 aliphatic rings. The summed E-state index contributed by atoms with van der Waals surface area (Å²) in [6.07, 6.45) is 2.68. The first-order valence-corrected chi connectivity index (χ1v) is 9.87. The van der Waals surface area contributed by atoms with Gasteiger partial charge in [-0.2, -0.15) is 0 Å². The van der Waals surface area contributed by atoms with E-state index in [2.05, 4.69) is 15.5 Å². The Hall–Kier alpha value is -1.99. The number of hydrogen-bond acceptors (Lipinski definition) is 5. The van der Waals surface area contributed by atoms with E-state index in [4.69, 9.17) is 11.6 Å². The van der Waals surface area contributed by atoms with Crippen molar-refractivity contribution in [1.29, 1.82) is 0 Å². The second-order valence-corrected chi connectivity index (χ2v) is 7.85. The predicted molar refractivity (Wildman–Crippen MR) is 104 cm³/mol. The zero-order valence-electron chi connectivity index (χ0n) is 14.8. The molecule has 1 saturated heterocycles. The van der Waals surface area contributed by atoms with Crippen LogP contribution in [0.15, 0.2) is 18.2 Å².